The number of phenols is 1. The van der Waals surface area contributed by atoms with E-state index in [-0.39, 0.29) is 5.75 Å². The number of rotatable bonds is 1. The smallest absolute Gasteiger partial charge is 0.401 e. The van der Waals surface area contributed by atoms with E-state index in [0.717, 1.165) is 0 Å². The van der Waals surface area contributed by atoms with Crippen LogP contribution < -0.4 is 16.0 Å². The van der Waals surface area contributed by atoms with Gasteiger partial charge in [0.25, 0.3) is 0 Å². The van der Waals surface area contributed by atoms with E-state index in [0.29, 0.717) is 25.8 Å². The molecule has 1 aliphatic rings. The second-order valence-electron chi connectivity index (χ2n) is 4.19. The number of hydrazine groups is 1. The van der Waals surface area contributed by atoms with Crippen molar-refractivity contribution in [2.75, 3.05) is 0 Å². The van der Waals surface area contributed by atoms with Gasteiger partial charge in [-0.2, -0.15) is 0 Å². The maximum Gasteiger partial charge on any atom is 0.401 e. The average Bonchev–Trinajstić information content (AvgIpc) is 2.51. The Morgan fingerprint density at radius 2 is 1.90 bits per heavy atom. The summed E-state index contributed by atoms with van der Waals surface area (Å²) >= 11 is -1.17. The molecule has 7 nitrogen and oxygen atoms in total. The fraction of sp³-hybridized carbons (Fsp3) is 0. The standard InChI is InChI=1S/C13H11N3O4S/c14-15-13(18)16(19)21-11-4-2-1-3-9(11)20-10-6-5-8(17)7-12(10)21/h1-7,19H,14H2,(H-,15,17,18)/p+1. The minimum Gasteiger partial charge on any atom is -0.508 e. The zero-order valence-electron chi connectivity index (χ0n) is 10.7. The van der Waals surface area contributed by atoms with E-state index in [4.69, 9.17) is 10.6 Å². The SMILES string of the molecule is NNC(=O)N(O)[S+]1c2ccccc2Oc2ccc(O)cc21. The van der Waals surface area contributed by atoms with E-state index in [9.17, 15) is 15.1 Å². The lowest BCUT2D eigenvalue weighted by Crippen LogP contribution is -2.45. The van der Waals surface area contributed by atoms with Crippen molar-refractivity contribution in [3.8, 4) is 17.2 Å². The van der Waals surface area contributed by atoms with Gasteiger partial charge < -0.3 is 9.84 Å². The predicted molar refractivity (Wildman–Crippen MR) is 74.9 cm³/mol. The Balaban J connectivity index is 2.17. The number of amides is 2. The summed E-state index contributed by atoms with van der Waals surface area (Å²) in [6.45, 7) is 0. The third kappa shape index (κ3) is 2.25. The number of nitrogens with one attached hydrogen (secondary N) is 1. The maximum atomic E-state index is 11.7. The van der Waals surface area contributed by atoms with Gasteiger partial charge in [0.05, 0.1) is 0 Å². The monoisotopic (exact) mass is 306 g/mol. The van der Waals surface area contributed by atoms with Gasteiger partial charge in [-0.3, -0.25) is 5.43 Å². The van der Waals surface area contributed by atoms with Crippen LogP contribution in [-0.2, 0) is 11.1 Å². The van der Waals surface area contributed by atoms with Crippen molar-refractivity contribution in [2.24, 2.45) is 5.84 Å². The molecule has 2 aromatic carbocycles. The van der Waals surface area contributed by atoms with Gasteiger partial charge in [0.2, 0.25) is 20.9 Å². The van der Waals surface area contributed by atoms with E-state index in [1.165, 1.54) is 12.1 Å². The van der Waals surface area contributed by atoms with Crippen molar-refractivity contribution in [2.45, 2.75) is 9.79 Å². The Kier molecular flexibility index (Phi) is 3.34. The zero-order valence-corrected chi connectivity index (χ0v) is 11.5. The van der Waals surface area contributed by atoms with Crippen LogP contribution in [0.1, 0.15) is 0 Å². The lowest BCUT2D eigenvalue weighted by Gasteiger charge is -2.22. The number of urea groups is 1. The van der Waals surface area contributed by atoms with E-state index in [1.54, 1.807) is 30.3 Å². The molecule has 0 fully saturated rings. The van der Waals surface area contributed by atoms with Crippen molar-refractivity contribution in [1.29, 1.82) is 0 Å². The fourth-order valence-corrected chi connectivity index (χ4v) is 3.86. The van der Waals surface area contributed by atoms with Crippen LogP contribution in [0.15, 0.2) is 52.3 Å². The zero-order chi connectivity index (χ0) is 15.0. The number of carbonyl (C=O) groups excluding carboxylic acids is 1. The van der Waals surface area contributed by atoms with Crippen LogP contribution in [0.2, 0.25) is 0 Å². The predicted octanol–water partition coefficient (Wildman–Crippen LogP) is 1.72. The fourth-order valence-electron chi connectivity index (χ4n) is 1.99. The molecular weight excluding hydrogens is 294 g/mol. The Labute approximate surface area is 123 Å². The number of aromatic hydroxyl groups is 1. The number of hydrogen-bond acceptors (Lipinski definition) is 5. The number of para-hydroxylation sites is 1. The van der Waals surface area contributed by atoms with Gasteiger partial charge in [0, 0.05) is 16.6 Å². The van der Waals surface area contributed by atoms with Crippen LogP contribution in [0, 0.1) is 0 Å². The first-order chi connectivity index (χ1) is 10.1. The van der Waals surface area contributed by atoms with Crippen molar-refractivity contribution in [1.82, 2.24) is 9.89 Å². The average molecular weight is 306 g/mol. The molecule has 1 heterocycles. The van der Waals surface area contributed by atoms with Crippen molar-refractivity contribution >= 4 is 17.1 Å². The number of benzene rings is 2. The Morgan fingerprint density at radius 1 is 1.19 bits per heavy atom. The van der Waals surface area contributed by atoms with Gasteiger partial charge in [-0.25, -0.2) is 15.8 Å². The van der Waals surface area contributed by atoms with Crippen LogP contribution >= 0.6 is 0 Å². The van der Waals surface area contributed by atoms with Crippen LogP contribution in [0.3, 0.4) is 0 Å². The summed E-state index contributed by atoms with van der Waals surface area (Å²) in [5.41, 5.74) is 1.88. The number of nitrogens with zero attached hydrogens (tertiary/aromatic N) is 1. The van der Waals surface area contributed by atoms with Gasteiger partial charge in [-0.05, 0) is 18.2 Å². The highest BCUT2D eigenvalue weighted by Crippen LogP contribution is 2.45. The minimum absolute atomic E-state index is 0.00999. The second-order valence-corrected chi connectivity index (χ2v) is 5.98. The van der Waals surface area contributed by atoms with Crippen molar-refractivity contribution in [3.05, 3.63) is 42.5 Å². The molecular formula is C13H12N3O4S+. The summed E-state index contributed by atoms with van der Waals surface area (Å²) in [5.74, 6) is 6.07. The molecule has 1 unspecified atom stereocenters. The summed E-state index contributed by atoms with van der Waals surface area (Å²) in [7, 11) is 0. The largest absolute Gasteiger partial charge is 0.508 e. The highest BCUT2D eigenvalue weighted by atomic mass is 32.2. The van der Waals surface area contributed by atoms with Crippen LogP contribution in [0.4, 0.5) is 4.79 Å². The molecule has 8 heteroatoms. The molecule has 0 spiro atoms. The number of hydrogen-bond donors (Lipinski definition) is 4. The molecule has 108 valence electrons. The number of fused-ring (bicyclic) bond motifs is 2. The number of hydroxylamine groups is 1. The molecule has 2 aromatic rings. The van der Waals surface area contributed by atoms with E-state index >= 15 is 0 Å². The number of ether oxygens (including phenoxy) is 1. The molecule has 0 saturated carbocycles. The van der Waals surface area contributed by atoms with Crippen LogP contribution in [-0.4, -0.2) is 20.8 Å². The number of phenolic OH excluding ortho intramolecular Hbond substituents is 1. The number of nitrogens with two attached hydrogens (primary N) is 1. The summed E-state index contributed by atoms with van der Waals surface area (Å²) in [4.78, 5) is 12.8. The second kappa shape index (κ2) is 5.17. The van der Waals surface area contributed by atoms with Crippen LogP contribution in [0.25, 0.3) is 0 Å². The molecule has 3 rings (SSSR count). The van der Waals surface area contributed by atoms with E-state index in [2.05, 4.69) is 0 Å². The summed E-state index contributed by atoms with van der Waals surface area (Å²) < 4.78 is 6.22. The highest BCUT2D eigenvalue weighted by Gasteiger charge is 2.46. The first kappa shape index (κ1) is 13.6. The van der Waals surface area contributed by atoms with Gasteiger partial charge in [-0.15, -0.1) is 0 Å². The molecule has 0 radical (unpaired) electrons. The molecule has 1 aliphatic heterocycles. The lowest BCUT2D eigenvalue weighted by molar-refractivity contribution is 0.0479. The van der Waals surface area contributed by atoms with Crippen molar-refractivity contribution in [3.63, 3.8) is 0 Å². The maximum absolute atomic E-state index is 11.7. The summed E-state index contributed by atoms with van der Waals surface area (Å²) in [6.07, 6.45) is 0. The third-order valence-corrected chi connectivity index (χ3v) is 4.88. The van der Waals surface area contributed by atoms with Gasteiger partial charge in [-0.1, -0.05) is 12.1 Å². The van der Waals surface area contributed by atoms with E-state index in [1.807, 2.05) is 5.43 Å². The van der Waals surface area contributed by atoms with Crippen LogP contribution in [0.5, 0.6) is 17.2 Å². The third-order valence-electron chi connectivity index (χ3n) is 2.88. The van der Waals surface area contributed by atoms with Crippen molar-refractivity contribution < 1.29 is 19.8 Å². The Morgan fingerprint density at radius 3 is 2.67 bits per heavy atom. The molecule has 0 aliphatic carbocycles. The topological polar surface area (TPSA) is 108 Å². The quantitative estimate of drug-likeness (QED) is 0.211. The molecule has 0 bridgehead atoms. The molecule has 21 heavy (non-hydrogen) atoms. The molecule has 2 amide bonds. The number of carbonyl (C=O) groups is 1. The summed E-state index contributed by atoms with van der Waals surface area (Å²) in [5, 5.41) is 19.8. The first-order valence-electron chi connectivity index (χ1n) is 5.95. The van der Waals surface area contributed by atoms with Gasteiger partial charge in [0.15, 0.2) is 11.5 Å². The molecule has 0 saturated heterocycles. The molecule has 0 aromatic heterocycles. The highest BCUT2D eigenvalue weighted by molar-refractivity contribution is 7.95. The van der Waals surface area contributed by atoms with Gasteiger partial charge >= 0.3 is 6.03 Å². The normalized spacial score (nSPS) is 15.4. The first-order valence-corrected chi connectivity index (χ1v) is 7.14. The lowest BCUT2D eigenvalue weighted by atomic mass is 10.3. The molecule has 1 atom stereocenters. The van der Waals surface area contributed by atoms with E-state index < -0.39 is 17.1 Å². The minimum atomic E-state index is -1.17. The van der Waals surface area contributed by atoms with Gasteiger partial charge in [0.1, 0.15) is 5.75 Å². The Bertz CT molecular complexity index is 710. The Hall–Kier alpha value is -2.42. The molecule has 5 N–H and O–H groups in total. The summed E-state index contributed by atoms with van der Waals surface area (Å²) in [6, 6.07) is 10.7.